The van der Waals surface area contributed by atoms with E-state index < -0.39 is 0 Å². The predicted molar refractivity (Wildman–Crippen MR) is 94.6 cm³/mol. The van der Waals surface area contributed by atoms with Crippen LogP contribution in [0.2, 0.25) is 0 Å². The van der Waals surface area contributed by atoms with Gasteiger partial charge in [-0.25, -0.2) is 9.97 Å². The zero-order valence-corrected chi connectivity index (χ0v) is 15.7. The summed E-state index contributed by atoms with van der Waals surface area (Å²) in [5, 5.41) is 0. The van der Waals surface area contributed by atoms with Crippen LogP contribution in [0, 0.1) is 5.41 Å². The fourth-order valence-corrected chi connectivity index (χ4v) is 3.68. The summed E-state index contributed by atoms with van der Waals surface area (Å²) in [7, 11) is 0. The molecule has 0 saturated carbocycles. The van der Waals surface area contributed by atoms with E-state index in [0.29, 0.717) is 19.5 Å². The highest BCUT2D eigenvalue weighted by Crippen LogP contribution is 2.31. The summed E-state index contributed by atoms with van der Waals surface area (Å²) in [4.78, 5) is 37.3. The fourth-order valence-electron chi connectivity index (χ4n) is 3.68. The van der Waals surface area contributed by atoms with Gasteiger partial charge in [-0.1, -0.05) is 20.8 Å². The second-order valence-corrected chi connectivity index (χ2v) is 8.37. The minimum absolute atomic E-state index is 0.00310. The Balaban J connectivity index is 1.73. The smallest absolute Gasteiger partial charge is 0.223 e. The molecule has 2 aliphatic heterocycles. The van der Waals surface area contributed by atoms with Crippen molar-refractivity contribution in [2.45, 2.75) is 66.0 Å². The highest BCUT2D eigenvalue weighted by molar-refractivity contribution is 5.77. The van der Waals surface area contributed by atoms with E-state index in [9.17, 15) is 9.59 Å². The maximum absolute atomic E-state index is 12.5. The van der Waals surface area contributed by atoms with Crippen molar-refractivity contribution in [3.8, 4) is 0 Å². The molecule has 0 spiro atoms. The third-order valence-corrected chi connectivity index (χ3v) is 4.94. The number of nitrogens with zero attached hydrogens (tertiary/aromatic N) is 4. The molecule has 3 rings (SSSR count). The lowest BCUT2D eigenvalue weighted by molar-refractivity contribution is -0.134. The number of carbonyl (C=O) groups is 2. The van der Waals surface area contributed by atoms with Crippen molar-refractivity contribution in [3.05, 3.63) is 23.3 Å². The molecule has 136 valence electrons. The van der Waals surface area contributed by atoms with Gasteiger partial charge in [-0.15, -0.1) is 0 Å². The molecule has 1 aromatic rings. The molecule has 25 heavy (non-hydrogen) atoms. The molecule has 0 bridgehead atoms. The zero-order valence-electron chi connectivity index (χ0n) is 15.7. The van der Waals surface area contributed by atoms with Gasteiger partial charge in [-0.3, -0.25) is 9.59 Å². The number of hydrogen-bond acceptors (Lipinski definition) is 4. The van der Waals surface area contributed by atoms with Crippen LogP contribution in [0.15, 0.2) is 6.20 Å². The van der Waals surface area contributed by atoms with E-state index in [1.165, 1.54) is 0 Å². The van der Waals surface area contributed by atoms with Crippen LogP contribution in [-0.2, 0) is 22.6 Å². The average molecular weight is 344 g/mol. The Labute approximate surface area is 149 Å². The summed E-state index contributed by atoms with van der Waals surface area (Å²) in [6.45, 7) is 9.94. The number of fused-ring (bicyclic) bond motifs is 1. The molecule has 3 heterocycles. The minimum atomic E-state index is -0.00363. The van der Waals surface area contributed by atoms with Gasteiger partial charge >= 0.3 is 0 Å². The van der Waals surface area contributed by atoms with Crippen molar-refractivity contribution >= 4 is 11.8 Å². The van der Waals surface area contributed by atoms with Crippen LogP contribution in [0.3, 0.4) is 0 Å². The van der Waals surface area contributed by atoms with E-state index in [1.807, 2.05) is 16.0 Å². The van der Waals surface area contributed by atoms with Gasteiger partial charge in [0.15, 0.2) is 5.82 Å². The molecule has 6 heteroatoms. The number of aromatic nitrogens is 2. The van der Waals surface area contributed by atoms with Gasteiger partial charge < -0.3 is 9.80 Å². The lowest BCUT2D eigenvalue weighted by Crippen LogP contribution is -2.38. The monoisotopic (exact) mass is 344 g/mol. The first kappa shape index (κ1) is 17.8. The number of rotatable bonds is 2. The topological polar surface area (TPSA) is 66.4 Å². The normalized spacial score (nSPS) is 20.6. The molecule has 1 aromatic heterocycles. The average Bonchev–Trinajstić information content (AvgIpc) is 3.02. The van der Waals surface area contributed by atoms with E-state index >= 15 is 0 Å². The lowest BCUT2D eigenvalue weighted by atomic mass is 9.91. The van der Waals surface area contributed by atoms with Crippen LogP contribution >= 0.6 is 0 Å². The highest BCUT2D eigenvalue weighted by atomic mass is 16.2. The SMILES string of the molecule is CC(=O)N1CCC[C@@H]1c1ncc2c(n1)CCN(C(=O)CC(C)(C)C)C2. The van der Waals surface area contributed by atoms with E-state index in [-0.39, 0.29) is 23.3 Å². The molecule has 0 aromatic carbocycles. The van der Waals surface area contributed by atoms with Crippen LogP contribution in [-0.4, -0.2) is 44.7 Å². The van der Waals surface area contributed by atoms with Gasteiger partial charge in [0.2, 0.25) is 11.8 Å². The van der Waals surface area contributed by atoms with Gasteiger partial charge in [0, 0.05) is 51.2 Å². The van der Waals surface area contributed by atoms with Crippen LogP contribution < -0.4 is 0 Å². The Hall–Kier alpha value is -1.98. The first-order valence-corrected chi connectivity index (χ1v) is 9.14. The molecular weight excluding hydrogens is 316 g/mol. The molecule has 0 unspecified atom stereocenters. The molecule has 1 atom stereocenters. The lowest BCUT2D eigenvalue weighted by Gasteiger charge is -2.31. The van der Waals surface area contributed by atoms with E-state index in [2.05, 4.69) is 25.8 Å². The van der Waals surface area contributed by atoms with Crippen molar-refractivity contribution in [2.24, 2.45) is 5.41 Å². The van der Waals surface area contributed by atoms with Crippen molar-refractivity contribution in [1.82, 2.24) is 19.8 Å². The number of hydrogen-bond donors (Lipinski definition) is 0. The third kappa shape index (κ3) is 3.99. The summed E-state index contributed by atoms with van der Waals surface area (Å²) in [5.41, 5.74) is 2.06. The third-order valence-electron chi connectivity index (χ3n) is 4.94. The molecule has 2 aliphatic rings. The summed E-state index contributed by atoms with van der Waals surface area (Å²) >= 11 is 0. The van der Waals surface area contributed by atoms with E-state index in [4.69, 9.17) is 4.98 Å². The number of carbonyl (C=O) groups excluding carboxylic acids is 2. The van der Waals surface area contributed by atoms with Crippen LogP contribution in [0.5, 0.6) is 0 Å². The van der Waals surface area contributed by atoms with Crippen molar-refractivity contribution < 1.29 is 9.59 Å². The van der Waals surface area contributed by atoms with Crippen molar-refractivity contribution in [1.29, 1.82) is 0 Å². The standard InChI is InChI=1S/C19H28N4O2/c1-13(24)23-8-5-6-16(23)18-20-11-14-12-22(9-7-15(14)21-18)17(25)10-19(2,3)4/h11,16H,5-10,12H2,1-4H3/t16-/m1/s1. The quantitative estimate of drug-likeness (QED) is 0.827. The summed E-state index contributed by atoms with van der Waals surface area (Å²) in [5.74, 6) is 1.03. The molecule has 6 nitrogen and oxygen atoms in total. The molecule has 1 fully saturated rings. The Morgan fingerprint density at radius 1 is 1.28 bits per heavy atom. The molecule has 0 N–H and O–H groups in total. The van der Waals surface area contributed by atoms with Crippen molar-refractivity contribution in [3.63, 3.8) is 0 Å². The second-order valence-electron chi connectivity index (χ2n) is 8.37. The minimum Gasteiger partial charge on any atom is -0.338 e. The fraction of sp³-hybridized carbons (Fsp3) is 0.684. The zero-order chi connectivity index (χ0) is 18.2. The maximum Gasteiger partial charge on any atom is 0.223 e. The van der Waals surface area contributed by atoms with Crippen LogP contribution in [0.1, 0.15) is 70.1 Å². The maximum atomic E-state index is 12.5. The van der Waals surface area contributed by atoms with Crippen LogP contribution in [0.4, 0.5) is 0 Å². The highest BCUT2D eigenvalue weighted by Gasteiger charge is 2.31. The van der Waals surface area contributed by atoms with E-state index in [1.54, 1.807) is 6.92 Å². The molecule has 1 saturated heterocycles. The Kier molecular flexibility index (Phi) is 4.80. The van der Waals surface area contributed by atoms with Gasteiger partial charge in [0.05, 0.1) is 11.7 Å². The van der Waals surface area contributed by atoms with Gasteiger partial charge in [0.25, 0.3) is 0 Å². The Bertz CT molecular complexity index is 680. The van der Waals surface area contributed by atoms with Gasteiger partial charge in [-0.05, 0) is 18.3 Å². The molecule has 2 amide bonds. The second kappa shape index (κ2) is 6.73. The largest absolute Gasteiger partial charge is 0.338 e. The van der Waals surface area contributed by atoms with Gasteiger partial charge in [0.1, 0.15) is 0 Å². The van der Waals surface area contributed by atoms with Crippen molar-refractivity contribution in [2.75, 3.05) is 13.1 Å². The predicted octanol–water partition coefficient (Wildman–Crippen LogP) is 2.48. The molecule has 0 radical (unpaired) electrons. The van der Waals surface area contributed by atoms with Gasteiger partial charge in [-0.2, -0.15) is 0 Å². The summed E-state index contributed by atoms with van der Waals surface area (Å²) in [6.07, 6.45) is 5.09. The number of likely N-dealkylation sites (tertiary alicyclic amines) is 1. The Morgan fingerprint density at radius 2 is 2.04 bits per heavy atom. The number of amides is 2. The summed E-state index contributed by atoms with van der Waals surface area (Å²) < 4.78 is 0. The first-order valence-electron chi connectivity index (χ1n) is 9.14. The Morgan fingerprint density at radius 3 is 2.72 bits per heavy atom. The first-order chi connectivity index (χ1) is 11.7. The van der Waals surface area contributed by atoms with Crippen LogP contribution in [0.25, 0.3) is 0 Å². The molecular formula is C19H28N4O2. The van der Waals surface area contributed by atoms with E-state index in [0.717, 1.165) is 42.9 Å². The molecule has 0 aliphatic carbocycles. The summed E-state index contributed by atoms with van der Waals surface area (Å²) in [6, 6.07) is 0.00310.